The predicted molar refractivity (Wildman–Crippen MR) is 61.1 cm³/mol. The van der Waals surface area contributed by atoms with Crippen molar-refractivity contribution >= 4 is 5.97 Å². The molecule has 0 atom stereocenters. The number of H-pyrrole nitrogens is 1. The molecule has 2 aromatic rings. The number of carbonyl (C=O) groups is 1. The molecule has 0 aliphatic heterocycles. The highest BCUT2D eigenvalue weighted by atomic mass is 19.1. The van der Waals surface area contributed by atoms with Crippen LogP contribution in [0.25, 0.3) is 11.1 Å². The number of benzene rings is 1. The summed E-state index contributed by atoms with van der Waals surface area (Å²) in [6.07, 6.45) is 1.25. The molecule has 2 rings (SSSR count). The second-order valence-electron chi connectivity index (χ2n) is 3.60. The molecule has 0 amide bonds. The summed E-state index contributed by atoms with van der Waals surface area (Å²) in [7, 11) is 0. The third-order valence-corrected chi connectivity index (χ3v) is 2.40. The van der Waals surface area contributed by atoms with Crippen LogP contribution in [0.5, 0.6) is 5.75 Å². The maximum atomic E-state index is 12.8. The molecule has 0 unspecified atom stereocenters. The molecule has 0 saturated heterocycles. The van der Waals surface area contributed by atoms with Gasteiger partial charge in [0.05, 0.1) is 0 Å². The monoisotopic (exact) mass is 249 g/mol. The van der Waals surface area contributed by atoms with Crippen LogP contribution in [0.15, 0.2) is 35.3 Å². The number of pyridine rings is 1. The van der Waals surface area contributed by atoms with E-state index in [9.17, 15) is 19.1 Å². The van der Waals surface area contributed by atoms with Crippen LogP contribution in [0.1, 0.15) is 10.4 Å². The van der Waals surface area contributed by atoms with Gasteiger partial charge in [0.15, 0.2) is 0 Å². The average Bonchev–Trinajstić information content (AvgIpc) is 2.30. The van der Waals surface area contributed by atoms with Crippen LogP contribution < -0.4 is 5.56 Å². The summed E-state index contributed by atoms with van der Waals surface area (Å²) in [5.74, 6) is -2.32. The molecule has 1 aromatic heterocycles. The van der Waals surface area contributed by atoms with Gasteiger partial charge in [-0.05, 0) is 18.2 Å². The summed E-state index contributed by atoms with van der Waals surface area (Å²) in [6.45, 7) is 0. The number of halogens is 1. The number of phenolic OH excluding ortho intramolecular Hbond substituents is 1. The number of hydrogen-bond acceptors (Lipinski definition) is 3. The van der Waals surface area contributed by atoms with Gasteiger partial charge in [-0.25, -0.2) is 9.18 Å². The largest absolute Gasteiger partial charge is 0.507 e. The third-order valence-electron chi connectivity index (χ3n) is 2.40. The van der Waals surface area contributed by atoms with Crippen LogP contribution in [-0.4, -0.2) is 21.2 Å². The van der Waals surface area contributed by atoms with Crippen molar-refractivity contribution < 1.29 is 19.4 Å². The molecule has 0 radical (unpaired) electrons. The van der Waals surface area contributed by atoms with E-state index in [1.165, 1.54) is 12.3 Å². The van der Waals surface area contributed by atoms with Crippen molar-refractivity contribution in [3.05, 3.63) is 52.2 Å². The molecule has 1 aromatic carbocycles. The van der Waals surface area contributed by atoms with Crippen molar-refractivity contribution in [1.29, 1.82) is 0 Å². The second kappa shape index (κ2) is 4.33. The molecule has 92 valence electrons. The quantitative estimate of drug-likeness (QED) is 0.753. The van der Waals surface area contributed by atoms with Crippen molar-refractivity contribution in [2.45, 2.75) is 0 Å². The van der Waals surface area contributed by atoms with Crippen molar-refractivity contribution in [2.24, 2.45) is 0 Å². The zero-order chi connectivity index (χ0) is 13.3. The zero-order valence-corrected chi connectivity index (χ0v) is 8.98. The minimum absolute atomic E-state index is 0.232. The molecule has 18 heavy (non-hydrogen) atoms. The number of aromatic amines is 1. The van der Waals surface area contributed by atoms with E-state index in [-0.39, 0.29) is 16.9 Å². The van der Waals surface area contributed by atoms with Crippen LogP contribution in [0.4, 0.5) is 4.39 Å². The first-order chi connectivity index (χ1) is 8.49. The Morgan fingerprint density at radius 3 is 2.61 bits per heavy atom. The standard InChI is InChI=1S/C12H8FNO4/c13-7-1-2-8(10(15)4-7)6-3-9(12(17)18)11(16)14-5-6/h1-5,15H,(H,14,16)(H,17,18). The highest BCUT2D eigenvalue weighted by molar-refractivity contribution is 5.89. The predicted octanol–water partition coefficient (Wildman–Crippen LogP) is 1.58. The summed E-state index contributed by atoms with van der Waals surface area (Å²) in [5, 5.41) is 18.4. The van der Waals surface area contributed by atoms with E-state index in [0.29, 0.717) is 0 Å². The van der Waals surface area contributed by atoms with Crippen LogP contribution in [-0.2, 0) is 0 Å². The topological polar surface area (TPSA) is 90.4 Å². The van der Waals surface area contributed by atoms with Gasteiger partial charge in [0, 0.05) is 23.4 Å². The average molecular weight is 249 g/mol. The first kappa shape index (κ1) is 11.8. The van der Waals surface area contributed by atoms with E-state index in [4.69, 9.17) is 5.11 Å². The normalized spacial score (nSPS) is 10.3. The van der Waals surface area contributed by atoms with Crippen molar-refractivity contribution in [3.8, 4) is 16.9 Å². The van der Waals surface area contributed by atoms with Gasteiger partial charge in [-0.3, -0.25) is 4.79 Å². The zero-order valence-electron chi connectivity index (χ0n) is 8.98. The first-order valence-corrected chi connectivity index (χ1v) is 4.94. The van der Waals surface area contributed by atoms with Gasteiger partial charge in [0.25, 0.3) is 5.56 Å². The maximum absolute atomic E-state index is 12.8. The van der Waals surface area contributed by atoms with Gasteiger partial charge >= 0.3 is 5.97 Å². The van der Waals surface area contributed by atoms with E-state index < -0.39 is 22.9 Å². The Morgan fingerprint density at radius 1 is 1.28 bits per heavy atom. The van der Waals surface area contributed by atoms with Gasteiger partial charge in [0.2, 0.25) is 0 Å². The van der Waals surface area contributed by atoms with E-state index in [1.54, 1.807) is 0 Å². The number of rotatable bonds is 2. The first-order valence-electron chi connectivity index (χ1n) is 4.94. The highest BCUT2D eigenvalue weighted by Crippen LogP contribution is 2.28. The summed E-state index contributed by atoms with van der Waals surface area (Å²) >= 11 is 0. The number of carboxylic acid groups (broad SMARTS) is 1. The van der Waals surface area contributed by atoms with E-state index in [0.717, 1.165) is 18.2 Å². The molecule has 5 nitrogen and oxygen atoms in total. The molecule has 0 aliphatic carbocycles. The minimum atomic E-state index is -1.38. The summed E-state index contributed by atoms with van der Waals surface area (Å²) in [6, 6.07) is 4.44. The van der Waals surface area contributed by atoms with Crippen LogP contribution in [0.2, 0.25) is 0 Å². The molecule has 1 heterocycles. The smallest absolute Gasteiger partial charge is 0.341 e. The molecule has 0 aliphatic rings. The van der Waals surface area contributed by atoms with Crippen LogP contribution >= 0.6 is 0 Å². The maximum Gasteiger partial charge on any atom is 0.341 e. The minimum Gasteiger partial charge on any atom is -0.507 e. The summed E-state index contributed by atoms with van der Waals surface area (Å²) in [5.41, 5.74) is -0.677. The fraction of sp³-hybridized carbons (Fsp3) is 0. The number of aromatic nitrogens is 1. The Bertz CT molecular complexity index is 678. The summed E-state index contributed by atoms with van der Waals surface area (Å²) in [4.78, 5) is 24.3. The number of nitrogens with one attached hydrogen (secondary N) is 1. The van der Waals surface area contributed by atoms with Crippen molar-refractivity contribution in [2.75, 3.05) is 0 Å². The lowest BCUT2D eigenvalue weighted by Crippen LogP contribution is -2.16. The Kier molecular flexibility index (Phi) is 2.85. The molecular weight excluding hydrogens is 241 g/mol. The SMILES string of the molecule is O=C(O)c1cc(-c2ccc(F)cc2O)c[nH]c1=O. The van der Waals surface area contributed by atoms with Crippen molar-refractivity contribution in [1.82, 2.24) is 4.98 Å². The lowest BCUT2D eigenvalue weighted by molar-refractivity contribution is 0.0695. The number of phenols is 1. The van der Waals surface area contributed by atoms with Gasteiger partial charge in [-0.15, -0.1) is 0 Å². The number of aromatic carboxylic acids is 1. The Labute approximate surface area is 100 Å². The van der Waals surface area contributed by atoms with Gasteiger partial charge in [-0.1, -0.05) is 0 Å². The molecule has 0 fully saturated rings. The molecule has 6 heteroatoms. The number of hydrogen-bond donors (Lipinski definition) is 3. The van der Waals surface area contributed by atoms with Crippen LogP contribution in [0, 0.1) is 5.82 Å². The Hall–Kier alpha value is -2.63. The highest BCUT2D eigenvalue weighted by Gasteiger charge is 2.12. The lowest BCUT2D eigenvalue weighted by atomic mass is 10.0. The van der Waals surface area contributed by atoms with Crippen molar-refractivity contribution in [3.63, 3.8) is 0 Å². The molecule has 0 saturated carbocycles. The van der Waals surface area contributed by atoms with E-state index in [1.807, 2.05) is 0 Å². The van der Waals surface area contributed by atoms with E-state index in [2.05, 4.69) is 4.98 Å². The van der Waals surface area contributed by atoms with E-state index >= 15 is 0 Å². The van der Waals surface area contributed by atoms with Gasteiger partial charge in [-0.2, -0.15) is 0 Å². The van der Waals surface area contributed by atoms with Crippen LogP contribution in [0.3, 0.4) is 0 Å². The molecule has 0 spiro atoms. The molecule has 3 N–H and O–H groups in total. The number of carboxylic acids is 1. The summed E-state index contributed by atoms with van der Waals surface area (Å²) < 4.78 is 12.8. The Balaban J connectivity index is 2.61. The third kappa shape index (κ3) is 2.08. The van der Waals surface area contributed by atoms with Gasteiger partial charge < -0.3 is 15.2 Å². The molecular formula is C12H8FNO4. The fourth-order valence-electron chi connectivity index (χ4n) is 1.55. The fourth-order valence-corrected chi connectivity index (χ4v) is 1.55. The number of aromatic hydroxyl groups is 1. The van der Waals surface area contributed by atoms with Gasteiger partial charge in [0.1, 0.15) is 17.1 Å². The second-order valence-corrected chi connectivity index (χ2v) is 3.60. The lowest BCUT2D eigenvalue weighted by Gasteiger charge is -2.05. The molecule has 0 bridgehead atoms. The Morgan fingerprint density at radius 2 is 2.00 bits per heavy atom.